The molecule has 2 bridgehead atoms. The molecule has 0 saturated heterocycles. The topological polar surface area (TPSA) is 128 Å². The molecular weight excluding hydrogens is 418 g/mol. The molecule has 2 aliphatic rings. The molecule has 0 aromatic heterocycles. The Balaban J connectivity index is 1.87. The van der Waals surface area contributed by atoms with Gasteiger partial charge >= 0.3 is 0 Å². The van der Waals surface area contributed by atoms with Crippen LogP contribution in [0.25, 0.3) is 0 Å². The minimum Gasteiger partial charge on any atom is -0.508 e. The van der Waals surface area contributed by atoms with Crippen molar-refractivity contribution in [2.45, 2.75) is 52.5 Å². The van der Waals surface area contributed by atoms with E-state index in [0.717, 1.165) is 11.3 Å². The van der Waals surface area contributed by atoms with Gasteiger partial charge in [0, 0.05) is 18.4 Å². The molecule has 0 heterocycles. The molecule has 8 nitrogen and oxygen atoms in total. The largest absolute Gasteiger partial charge is 0.508 e. The molecule has 2 N–H and O–H groups in total. The molecule has 31 heavy (non-hydrogen) atoms. The van der Waals surface area contributed by atoms with Crippen molar-refractivity contribution < 1.29 is 23.1 Å². The monoisotopic (exact) mass is 447 g/mol. The number of hydrogen-bond acceptors (Lipinski definition) is 6. The number of amides is 1. The van der Waals surface area contributed by atoms with E-state index in [9.17, 15) is 28.4 Å². The van der Waals surface area contributed by atoms with Crippen LogP contribution in [0.5, 0.6) is 5.75 Å². The van der Waals surface area contributed by atoms with E-state index in [-0.39, 0.29) is 36.2 Å². The maximum absolute atomic E-state index is 13.2. The molecule has 168 valence electrons. The Morgan fingerprint density at radius 1 is 1.35 bits per heavy atom. The van der Waals surface area contributed by atoms with Crippen LogP contribution in [0.4, 0.5) is 0 Å². The number of phenols is 1. The fraction of sp³-hybridized carbons (Fsp3) is 0.591. The van der Waals surface area contributed by atoms with Gasteiger partial charge in [-0.15, -0.1) is 0 Å². The first kappa shape index (κ1) is 23.2. The minimum atomic E-state index is -4.01. The van der Waals surface area contributed by atoms with Crippen molar-refractivity contribution >= 4 is 21.7 Å². The van der Waals surface area contributed by atoms with Crippen LogP contribution < -0.4 is 4.72 Å². The third-order valence-electron chi connectivity index (χ3n) is 7.27. The summed E-state index contributed by atoms with van der Waals surface area (Å²) in [7, 11) is -4.01. The first-order chi connectivity index (χ1) is 14.5. The van der Waals surface area contributed by atoms with Gasteiger partial charge in [0.05, 0.1) is 5.75 Å². The van der Waals surface area contributed by atoms with E-state index >= 15 is 0 Å². The van der Waals surface area contributed by atoms with E-state index in [1.54, 1.807) is 25.2 Å². The number of ketones is 1. The van der Waals surface area contributed by atoms with Crippen molar-refractivity contribution in [1.82, 2.24) is 9.62 Å². The predicted molar refractivity (Wildman–Crippen MR) is 114 cm³/mol. The molecule has 0 aliphatic heterocycles. The zero-order valence-corrected chi connectivity index (χ0v) is 18.9. The second-order valence-corrected chi connectivity index (χ2v) is 10.9. The van der Waals surface area contributed by atoms with Crippen molar-refractivity contribution in [3.8, 4) is 11.9 Å². The van der Waals surface area contributed by atoms with Crippen LogP contribution in [0.1, 0.15) is 45.6 Å². The number of sulfonamides is 1. The summed E-state index contributed by atoms with van der Waals surface area (Å²) in [6.07, 6.45) is 3.55. The van der Waals surface area contributed by atoms with Crippen molar-refractivity contribution in [1.29, 1.82) is 5.26 Å². The molecule has 1 amide bonds. The van der Waals surface area contributed by atoms with Gasteiger partial charge < -0.3 is 5.11 Å². The second-order valence-electron chi connectivity index (χ2n) is 9.15. The first-order valence-corrected chi connectivity index (χ1v) is 12.1. The molecule has 3 atom stereocenters. The highest BCUT2D eigenvalue weighted by molar-refractivity contribution is 7.89. The summed E-state index contributed by atoms with van der Waals surface area (Å²) in [6.45, 7) is 5.65. The number of carbonyl (C=O) groups excluding carboxylic acids is 2. The third-order valence-corrected chi connectivity index (χ3v) is 8.79. The van der Waals surface area contributed by atoms with Gasteiger partial charge in [0.15, 0.2) is 6.19 Å². The van der Waals surface area contributed by atoms with Gasteiger partial charge in [0.2, 0.25) is 10.0 Å². The van der Waals surface area contributed by atoms with Gasteiger partial charge in [0.1, 0.15) is 17.6 Å². The third kappa shape index (κ3) is 4.19. The number of hydrogen-bond donors (Lipinski definition) is 2. The summed E-state index contributed by atoms with van der Waals surface area (Å²) in [5.74, 6) is -0.802. The summed E-state index contributed by atoms with van der Waals surface area (Å²) in [5.41, 5.74) is -0.739. The Kier molecular flexibility index (Phi) is 6.18. The summed E-state index contributed by atoms with van der Waals surface area (Å²) in [4.78, 5) is 26.6. The zero-order valence-electron chi connectivity index (χ0n) is 18.1. The van der Waals surface area contributed by atoms with E-state index in [4.69, 9.17) is 0 Å². The van der Waals surface area contributed by atoms with Crippen LogP contribution in [0.15, 0.2) is 24.3 Å². The van der Waals surface area contributed by atoms with Crippen LogP contribution in [0, 0.1) is 28.2 Å². The zero-order chi connectivity index (χ0) is 23.0. The SMILES string of the molecule is CCN(C#N)C(=O)C(Cc1ccc(O)cc1)NS(=O)(=O)CC12CCC(CC1=O)C2(C)C. The molecule has 2 saturated carbocycles. The van der Waals surface area contributed by atoms with E-state index in [1.807, 2.05) is 13.8 Å². The standard InChI is InChI=1S/C22H29N3O5S/c1-4-25(14-23)20(28)18(11-15-5-7-17(26)8-6-15)24-31(29,30)13-22-10-9-16(12-19(22)27)21(22,2)3/h5-8,16,18,24,26H,4,9-13H2,1-3H3. The number of Topliss-reactive ketones (excluding diaryl/α,β-unsaturated/α-hetero) is 1. The summed E-state index contributed by atoms with van der Waals surface area (Å²) in [6, 6.07) is 4.89. The summed E-state index contributed by atoms with van der Waals surface area (Å²) < 4.78 is 28.9. The predicted octanol–water partition coefficient (Wildman–Crippen LogP) is 1.95. The summed E-state index contributed by atoms with van der Waals surface area (Å²) in [5, 5.41) is 18.7. The Labute approximate surface area is 183 Å². The number of benzene rings is 1. The van der Waals surface area contributed by atoms with Gasteiger partial charge in [-0.1, -0.05) is 26.0 Å². The van der Waals surface area contributed by atoms with Gasteiger partial charge in [-0.25, -0.2) is 18.0 Å². The fourth-order valence-corrected chi connectivity index (χ4v) is 7.23. The second kappa shape index (κ2) is 8.24. The van der Waals surface area contributed by atoms with Gasteiger partial charge in [-0.05, 0) is 55.2 Å². The number of nitrogens with zero attached hydrogens (tertiary/aromatic N) is 2. The average Bonchev–Trinajstić information content (AvgIpc) is 3.03. The lowest BCUT2D eigenvalue weighted by Crippen LogP contribution is -2.52. The lowest BCUT2D eigenvalue weighted by Gasteiger charge is -2.36. The maximum atomic E-state index is 13.2. The van der Waals surface area contributed by atoms with Crippen molar-refractivity contribution in [3.63, 3.8) is 0 Å². The lowest BCUT2D eigenvalue weighted by atomic mass is 9.70. The number of likely N-dealkylation sites (N-methyl/N-ethyl adjacent to an activating group) is 1. The lowest BCUT2D eigenvalue weighted by molar-refractivity contribution is -0.129. The molecule has 2 aliphatic carbocycles. The number of aromatic hydroxyl groups is 1. The number of fused-ring (bicyclic) bond motifs is 2. The van der Waals surface area contributed by atoms with Crippen molar-refractivity contribution in [2.75, 3.05) is 12.3 Å². The quantitative estimate of drug-likeness (QED) is 0.463. The minimum absolute atomic E-state index is 0.0173. The Bertz CT molecular complexity index is 1010. The highest BCUT2D eigenvalue weighted by atomic mass is 32.2. The number of phenolic OH excluding ortho intramolecular Hbond substituents is 1. The van der Waals surface area contributed by atoms with E-state index in [2.05, 4.69) is 4.72 Å². The normalized spacial score (nSPS) is 25.2. The number of carbonyl (C=O) groups is 2. The molecular formula is C22H29N3O5S. The molecule has 2 fully saturated rings. The van der Waals surface area contributed by atoms with Crippen molar-refractivity contribution in [3.05, 3.63) is 29.8 Å². The number of nitrogens with one attached hydrogen (secondary N) is 1. The Hall–Kier alpha value is -2.44. The summed E-state index contributed by atoms with van der Waals surface area (Å²) >= 11 is 0. The maximum Gasteiger partial charge on any atom is 0.254 e. The van der Waals surface area contributed by atoms with Gasteiger partial charge in [0.25, 0.3) is 5.91 Å². The molecule has 3 unspecified atom stereocenters. The van der Waals surface area contributed by atoms with E-state index in [0.29, 0.717) is 18.4 Å². The number of nitriles is 1. The van der Waals surface area contributed by atoms with Crippen LogP contribution in [-0.2, 0) is 26.0 Å². The molecule has 9 heteroatoms. The Morgan fingerprint density at radius 2 is 2.00 bits per heavy atom. The van der Waals surface area contributed by atoms with Crippen molar-refractivity contribution in [2.24, 2.45) is 16.7 Å². The highest BCUT2D eigenvalue weighted by Crippen LogP contribution is 2.64. The number of rotatable bonds is 8. The first-order valence-electron chi connectivity index (χ1n) is 10.5. The average molecular weight is 448 g/mol. The molecule has 1 aromatic carbocycles. The molecule has 3 rings (SSSR count). The molecule has 0 spiro atoms. The van der Waals surface area contributed by atoms with Crippen LogP contribution in [0.3, 0.4) is 0 Å². The highest BCUT2D eigenvalue weighted by Gasteiger charge is 2.65. The van der Waals surface area contributed by atoms with E-state index < -0.39 is 32.8 Å². The Morgan fingerprint density at radius 3 is 2.48 bits per heavy atom. The van der Waals surface area contributed by atoms with Gasteiger partial charge in [-0.3, -0.25) is 9.59 Å². The molecule has 0 radical (unpaired) electrons. The smallest absolute Gasteiger partial charge is 0.254 e. The van der Waals surface area contributed by atoms with E-state index in [1.165, 1.54) is 12.1 Å². The van der Waals surface area contributed by atoms with Crippen LogP contribution in [0.2, 0.25) is 0 Å². The van der Waals surface area contributed by atoms with Crippen LogP contribution >= 0.6 is 0 Å². The van der Waals surface area contributed by atoms with Gasteiger partial charge in [-0.2, -0.15) is 5.26 Å². The molecule has 1 aromatic rings. The van der Waals surface area contributed by atoms with Crippen LogP contribution in [-0.4, -0.2) is 48.5 Å². The fourth-order valence-electron chi connectivity index (χ4n) is 5.20.